The number of aryl methyl sites for hydroxylation is 2. The number of carboxylic acid groups (broad SMARTS) is 1. The third-order valence-corrected chi connectivity index (χ3v) is 4.54. The van der Waals surface area contributed by atoms with E-state index in [-0.39, 0.29) is 10.5 Å². The highest BCUT2D eigenvalue weighted by atomic mass is 32.2. The van der Waals surface area contributed by atoms with E-state index < -0.39 is 16.0 Å². The summed E-state index contributed by atoms with van der Waals surface area (Å²) < 4.78 is 27.1. The van der Waals surface area contributed by atoms with Crippen molar-refractivity contribution in [3.8, 4) is 0 Å². The molecule has 0 aromatic heterocycles. The van der Waals surface area contributed by atoms with Gasteiger partial charge in [-0.25, -0.2) is 8.42 Å². The van der Waals surface area contributed by atoms with Gasteiger partial charge in [0.05, 0.1) is 10.9 Å². The molecule has 0 saturated carbocycles. The highest BCUT2D eigenvalue weighted by Gasteiger charge is 2.17. The zero-order valence-corrected chi connectivity index (χ0v) is 12.4. The standard InChI is InChI=1S/C15H15NO4S/c1-10-3-7-13(8-4-10)16-21(19,20)14-9-12(15(17)18)6-5-11(14)2/h3-9,16H,1-2H3,(H,17,18)/p-1. The predicted molar refractivity (Wildman–Crippen MR) is 77.5 cm³/mol. The second-order valence-electron chi connectivity index (χ2n) is 4.74. The van der Waals surface area contributed by atoms with Gasteiger partial charge < -0.3 is 9.90 Å². The number of benzene rings is 2. The van der Waals surface area contributed by atoms with Gasteiger partial charge in [-0.3, -0.25) is 4.72 Å². The van der Waals surface area contributed by atoms with Crippen LogP contribution in [0.5, 0.6) is 0 Å². The van der Waals surface area contributed by atoms with Crippen molar-refractivity contribution in [3.63, 3.8) is 0 Å². The average Bonchev–Trinajstić information content (AvgIpc) is 2.41. The summed E-state index contributed by atoms with van der Waals surface area (Å²) in [6.07, 6.45) is 0. The fraction of sp³-hybridized carbons (Fsp3) is 0.133. The van der Waals surface area contributed by atoms with Crippen LogP contribution in [-0.4, -0.2) is 14.4 Å². The number of rotatable bonds is 4. The lowest BCUT2D eigenvalue weighted by Gasteiger charge is -2.12. The van der Waals surface area contributed by atoms with Gasteiger partial charge in [0, 0.05) is 5.69 Å². The number of aromatic carboxylic acids is 1. The van der Waals surface area contributed by atoms with Gasteiger partial charge in [0.25, 0.3) is 10.0 Å². The average molecular weight is 304 g/mol. The highest BCUT2D eigenvalue weighted by molar-refractivity contribution is 7.92. The monoisotopic (exact) mass is 304 g/mol. The zero-order chi connectivity index (χ0) is 15.6. The summed E-state index contributed by atoms with van der Waals surface area (Å²) in [6, 6.07) is 10.7. The van der Waals surface area contributed by atoms with Crippen LogP contribution in [0.15, 0.2) is 47.4 Å². The van der Waals surface area contributed by atoms with Crippen molar-refractivity contribution in [1.29, 1.82) is 0 Å². The minimum atomic E-state index is -3.85. The zero-order valence-electron chi connectivity index (χ0n) is 11.6. The quantitative estimate of drug-likeness (QED) is 0.926. The molecule has 0 atom stereocenters. The van der Waals surface area contributed by atoms with E-state index in [9.17, 15) is 18.3 Å². The predicted octanol–water partition coefficient (Wildman–Crippen LogP) is 1.47. The summed E-state index contributed by atoms with van der Waals surface area (Å²) in [4.78, 5) is 10.8. The molecule has 0 spiro atoms. The fourth-order valence-electron chi connectivity index (χ4n) is 1.85. The van der Waals surface area contributed by atoms with Crippen LogP contribution in [-0.2, 0) is 10.0 Å². The van der Waals surface area contributed by atoms with E-state index in [4.69, 9.17) is 0 Å². The summed E-state index contributed by atoms with van der Waals surface area (Å²) in [5.74, 6) is -1.42. The van der Waals surface area contributed by atoms with E-state index in [1.165, 1.54) is 12.1 Å². The van der Waals surface area contributed by atoms with Crippen LogP contribution in [0, 0.1) is 13.8 Å². The van der Waals surface area contributed by atoms with Gasteiger partial charge in [0.2, 0.25) is 0 Å². The molecule has 0 aliphatic heterocycles. The number of carboxylic acids is 1. The van der Waals surface area contributed by atoms with Crippen molar-refractivity contribution < 1.29 is 18.3 Å². The topological polar surface area (TPSA) is 86.3 Å². The maximum atomic E-state index is 12.4. The maximum absolute atomic E-state index is 12.4. The number of sulfonamides is 1. The molecule has 0 amide bonds. The number of hydrogen-bond acceptors (Lipinski definition) is 4. The van der Waals surface area contributed by atoms with E-state index in [0.29, 0.717) is 11.3 Å². The highest BCUT2D eigenvalue weighted by Crippen LogP contribution is 2.21. The summed E-state index contributed by atoms with van der Waals surface area (Å²) in [5.41, 5.74) is 1.71. The molecule has 2 aromatic carbocycles. The lowest BCUT2D eigenvalue weighted by Crippen LogP contribution is -2.23. The summed E-state index contributed by atoms with van der Waals surface area (Å²) in [7, 11) is -3.85. The number of anilines is 1. The van der Waals surface area contributed by atoms with E-state index in [0.717, 1.165) is 11.6 Å². The Bertz CT molecular complexity index is 780. The lowest BCUT2D eigenvalue weighted by molar-refractivity contribution is -0.255. The first-order valence-electron chi connectivity index (χ1n) is 6.21. The molecule has 110 valence electrons. The van der Waals surface area contributed by atoms with Gasteiger partial charge in [0.1, 0.15) is 0 Å². The van der Waals surface area contributed by atoms with Crippen LogP contribution in [0.3, 0.4) is 0 Å². The molecule has 6 heteroatoms. The molecule has 21 heavy (non-hydrogen) atoms. The molecule has 0 fully saturated rings. The normalized spacial score (nSPS) is 11.1. The Balaban J connectivity index is 2.41. The van der Waals surface area contributed by atoms with Crippen LogP contribution in [0.1, 0.15) is 21.5 Å². The molecule has 2 aromatic rings. The van der Waals surface area contributed by atoms with Gasteiger partial charge in [0.15, 0.2) is 0 Å². The van der Waals surface area contributed by atoms with Gasteiger partial charge in [-0.1, -0.05) is 29.8 Å². The van der Waals surface area contributed by atoms with E-state index in [2.05, 4.69) is 4.72 Å². The molecule has 0 aliphatic rings. The summed E-state index contributed by atoms with van der Waals surface area (Å²) in [5, 5.41) is 10.9. The summed E-state index contributed by atoms with van der Waals surface area (Å²) >= 11 is 0. The minimum absolute atomic E-state index is 0.0789. The van der Waals surface area contributed by atoms with E-state index >= 15 is 0 Å². The largest absolute Gasteiger partial charge is 0.545 e. The Hall–Kier alpha value is -2.34. The van der Waals surface area contributed by atoms with Crippen LogP contribution in [0.2, 0.25) is 0 Å². The Morgan fingerprint density at radius 1 is 1.05 bits per heavy atom. The molecule has 0 saturated heterocycles. The van der Waals surface area contributed by atoms with E-state index in [1.807, 2.05) is 6.92 Å². The number of carbonyl (C=O) groups excluding carboxylic acids is 1. The molecule has 0 unspecified atom stereocenters. The van der Waals surface area contributed by atoms with Gasteiger partial charge >= 0.3 is 0 Å². The molecule has 0 aliphatic carbocycles. The third-order valence-electron chi connectivity index (χ3n) is 3.02. The molecule has 0 bridgehead atoms. The number of hydrogen-bond donors (Lipinski definition) is 1. The van der Waals surface area contributed by atoms with Crippen molar-refractivity contribution in [2.75, 3.05) is 4.72 Å². The second-order valence-corrected chi connectivity index (χ2v) is 6.39. The molecule has 0 heterocycles. The Morgan fingerprint density at radius 2 is 1.67 bits per heavy atom. The molecule has 0 radical (unpaired) electrons. The Kier molecular flexibility index (Phi) is 3.99. The summed E-state index contributed by atoms with van der Waals surface area (Å²) in [6.45, 7) is 3.49. The van der Waals surface area contributed by atoms with Crippen molar-refractivity contribution in [2.24, 2.45) is 0 Å². The molecular weight excluding hydrogens is 290 g/mol. The van der Waals surface area contributed by atoms with Crippen molar-refractivity contribution >= 4 is 21.7 Å². The van der Waals surface area contributed by atoms with E-state index in [1.54, 1.807) is 31.2 Å². The first-order valence-corrected chi connectivity index (χ1v) is 7.69. The minimum Gasteiger partial charge on any atom is -0.545 e. The van der Waals surface area contributed by atoms with Crippen molar-refractivity contribution in [3.05, 3.63) is 59.2 Å². The van der Waals surface area contributed by atoms with Gasteiger partial charge in [-0.2, -0.15) is 0 Å². The second kappa shape index (κ2) is 5.57. The number of carbonyl (C=O) groups is 1. The lowest BCUT2D eigenvalue weighted by atomic mass is 10.1. The first-order chi connectivity index (χ1) is 9.79. The first kappa shape index (κ1) is 15.1. The van der Waals surface area contributed by atoms with Crippen molar-refractivity contribution in [1.82, 2.24) is 0 Å². The van der Waals surface area contributed by atoms with Gasteiger partial charge in [-0.15, -0.1) is 0 Å². The third kappa shape index (κ3) is 3.41. The van der Waals surface area contributed by atoms with Crippen molar-refractivity contribution in [2.45, 2.75) is 18.7 Å². The Labute approximate surface area is 123 Å². The molecule has 5 nitrogen and oxygen atoms in total. The number of nitrogens with one attached hydrogen (secondary N) is 1. The van der Waals surface area contributed by atoms with Crippen LogP contribution < -0.4 is 9.83 Å². The molecule has 2 rings (SSSR count). The van der Waals surface area contributed by atoms with Gasteiger partial charge in [-0.05, 0) is 43.2 Å². The molecule has 1 N–H and O–H groups in total. The Morgan fingerprint density at radius 3 is 2.24 bits per heavy atom. The van der Waals surface area contributed by atoms with Crippen LogP contribution in [0.25, 0.3) is 0 Å². The fourth-order valence-corrected chi connectivity index (χ4v) is 3.18. The SMILES string of the molecule is Cc1ccc(NS(=O)(=O)c2cc(C(=O)[O-])ccc2C)cc1. The van der Waals surface area contributed by atoms with Crippen LogP contribution in [0.4, 0.5) is 5.69 Å². The van der Waals surface area contributed by atoms with Crippen LogP contribution >= 0.6 is 0 Å². The maximum Gasteiger partial charge on any atom is 0.262 e. The smallest absolute Gasteiger partial charge is 0.262 e. The molecular formula is C15H14NO4S-.